The molecule has 5 nitrogen and oxygen atoms in total. The number of carbonyl (C=O) groups excluding carboxylic acids is 1. The molecular formula is C37H36O5S. The average molecular weight is 593 g/mol. The molecule has 4 aromatic carbocycles. The summed E-state index contributed by atoms with van der Waals surface area (Å²) in [6.45, 7) is 2.24. The topological polar surface area (TPSA) is 65.0 Å². The average Bonchev–Trinajstić information content (AvgIpc) is 3.05. The zero-order valence-corrected chi connectivity index (χ0v) is 25.3. The van der Waals surface area contributed by atoms with E-state index in [0.29, 0.717) is 32.7 Å². The molecule has 0 bridgehead atoms. The van der Waals surface area contributed by atoms with Gasteiger partial charge in [0.1, 0.15) is 11.5 Å². The number of hydrogen-bond donors (Lipinski definition) is 1. The van der Waals surface area contributed by atoms with E-state index < -0.39 is 0 Å². The van der Waals surface area contributed by atoms with E-state index in [0.717, 1.165) is 75.1 Å². The van der Waals surface area contributed by atoms with Crippen LogP contribution in [0.5, 0.6) is 11.5 Å². The van der Waals surface area contributed by atoms with Gasteiger partial charge in [-0.25, -0.2) is 0 Å². The number of carbonyl (C=O) groups is 1. The van der Waals surface area contributed by atoms with Crippen LogP contribution in [0.3, 0.4) is 0 Å². The number of thioether (sulfide) groups is 1. The van der Waals surface area contributed by atoms with Crippen molar-refractivity contribution in [3.63, 3.8) is 0 Å². The first-order chi connectivity index (χ1) is 21.2. The molecule has 0 aliphatic carbocycles. The van der Waals surface area contributed by atoms with Crippen molar-refractivity contribution in [1.82, 2.24) is 0 Å². The Morgan fingerprint density at radius 2 is 1.28 bits per heavy atom. The van der Waals surface area contributed by atoms with Gasteiger partial charge in [0, 0.05) is 40.2 Å². The molecule has 0 fully saturated rings. The number of benzene rings is 4. The molecule has 0 heterocycles. The highest BCUT2D eigenvalue weighted by molar-refractivity contribution is 7.98. The molecule has 1 N–H and O–H groups in total. The number of rotatable bonds is 14. The van der Waals surface area contributed by atoms with E-state index in [1.165, 1.54) is 0 Å². The Hall–Kier alpha value is -4.36. The van der Waals surface area contributed by atoms with Crippen LogP contribution in [0, 0.1) is 23.7 Å². The van der Waals surface area contributed by atoms with Gasteiger partial charge >= 0.3 is 0 Å². The van der Waals surface area contributed by atoms with Crippen molar-refractivity contribution in [2.75, 3.05) is 32.7 Å². The summed E-state index contributed by atoms with van der Waals surface area (Å²) >= 11 is 1.66. The lowest BCUT2D eigenvalue weighted by Crippen LogP contribution is -2.02. The van der Waals surface area contributed by atoms with Gasteiger partial charge in [-0.3, -0.25) is 4.79 Å². The maximum atomic E-state index is 10.2. The second-order valence-corrected chi connectivity index (χ2v) is 10.7. The van der Waals surface area contributed by atoms with Crippen LogP contribution in [0.2, 0.25) is 0 Å². The predicted octanol–water partition coefficient (Wildman–Crippen LogP) is 7.23. The lowest BCUT2D eigenvalue weighted by molar-refractivity contribution is -0.128. The number of aliphatic hydroxyl groups is 1. The van der Waals surface area contributed by atoms with Gasteiger partial charge < -0.3 is 19.3 Å². The van der Waals surface area contributed by atoms with Crippen molar-refractivity contribution < 1.29 is 24.1 Å². The lowest BCUT2D eigenvalue weighted by atomic mass is 10.1. The fraction of sp³-hybridized carbons (Fsp3) is 0.270. The third kappa shape index (κ3) is 10.5. The molecule has 0 saturated heterocycles. The van der Waals surface area contributed by atoms with E-state index in [9.17, 15) is 4.79 Å². The van der Waals surface area contributed by atoms with E-state index in [1.807, 2.05) is 73.0 Å². The van der Waals surface area contributed by atoms with Gasteiger partial charge in [0.15, 0.2) is 0 Å². The van der Waals surface area contributed by atoms with Gasteiger partial charge in [-0.05, 0) is 103 Å². The summed E-state index contributed by atoms with van der Waals surface area (Å²) in [5.41, 5.74) is 3.79. The highest BCUT2D eigenvalue weighted by Gasteiger charge is 2.02. The third-order valence-electron chi connectivity index (χ3n) is 6.62. The molecule has 4 rings (SSSR count). The summed E-state index contributed by atoms with van der Waals surface area (Å²) in [6, 6.07) is 26.1. The van der Waals surface area contributed by atoms with Gasteiger partial charge in [0.2, 0.25) is 0 Å². The van der Waals surface area contributed by atoms with Crippen LogP contribution in [0.15, 0.2) is 83.8 Å². The molecular weight excluding hydrogens is 556 g/mol. The number of ether oxygens (including phenoxy) is 3. The van der Waals surface area contributed by atoms with Crippen LogP contribution < -0.4 is 9.47 Å². The smallest absolute Gasteiger partial charge is 0.293 e. The predicted molar refractivity (Wildman–Crippen MR) is 174 cm³/mol. The van der Waals surface area contributed by atoms with Crippen molar-refractivity contribution in [1.29, 1.82) is 0 Å². The van der Waals surface area contributed by atoms with Gasteiger partial charge in [0.25, 0.3) is 6.47 Å². The Labute approximate surface area is 258 Å². The summed E-state index contributed by atoms with van der Waals surface area (Å²) in [6.07, 6.45) is 6.64. The Kier molecular flexibility index (Phi) is 12.9. The Morgan fingerprint density at radius 1 is 0.651 bits per heavy atom. The van der Waals surface area contributed by atoms with Crippen LogP contribution in [0.25, 0.3) is 10.8 Å². The standard InChI is InChI=1S/C37H36O5S/c1-43-37-26-31(8-7-30-11-16-34-27-36(20-17-33(34)25-30)42-24-6-22-40-28-39)10-15-32(37)14-9-29-12-18-35(19-13-29)41-23-5-3-2-4-21-38/h10-13,15-20,25-28,38H,2-6,21-24H2,1H3. The summed E-state index contributed by atoms with van der Waals surface area (Å²) in [5.74, 6) is 14.8. The van der Waals surface area contributed by atoms with Crippen LogP contribution in [0.4, 0.5) is 0 Å². The largest absolute Gasteiger partial charge is 0.494 e. The molecule has 6 heteroatoms. The zero-order valence-electron chi connectivity index (χ0n) is 24.4. The molecule has 220 valence electrons. The molecule has 0 radical (unpaired) electrons. The number of aliphatic hydroxyl groups excluding tert-OH is 1. The van der Waals surface area contributed by atoms with E-state index >= 15 is 0 Å². The minimum absolute atomic E-state index is 0.259. The second kappa shape index (κ2) is 17.6. The highest BCUT2D eigenvalue weighted by Crippen LogP contribution is 2.23. The lowest BCUT2D eigenvalue weighted by Gasteiger charge is -2.07. The monoisotopic (exact) mass is 592 g/mol. The minimum Gasteiger partial charge on any atom is -0.494 e. The molecule has 4 aromatic rings. The van der Waals surface area contributed by atoms with E-state index in [4.69, 9.17) is 14.6 Å². The molecule has 0 spiro atoms. The van der Waals surface area contributed by atoms with Crippen LogP contribution in [0.1, 0.15) is 54.4 Å². The fourth-order valence-electron chi connectivity index (χ4n) is 4.32. The molecule has 0 saturated carbocycles. The minimum atomic E-state index is 0.259. The quantitative estimate of drug-likeness (QED) is 0.0721. The summed E-state index contributed by atoms with van der Waals surface area (Å²) < 4.78 is 16.3. The van der Waals surface area contributed by atoms with Crippen molar-refractivity contribution in [3.05, 3.63) is 101 Å². The molecule has 0 aromatic heterocycles. The van der Waals surface area contributed by atoms with Crippen LogP contribution >= 0.6 is 11.8 Å². The highest BCUT2D eigenvalue weighted by atomic mass is 32.2. The van der Waals surface area contributed by atoms with Crippen LogP contribution in [-0.2, 0) is 9.53 Å². The first kappa shape index (κ1) is 31.6. The van der Waals surface area contributed by atoms with E-state index in [1.54, 1.807) is 11.8 Å². The van der Waals surface area contributed by atoms with Gasteiger partial charge in [0.05, 0.1) is 19.8 Å². The van der Waals surface area contributed by atoms with Gasteiger partial charge in [-0.2, -0.15) is 0 Å². The third-order valence-corrected chi connectivity index (χ3v) is 7.40. The van der Waals surface area contributed by atoms with Crippen molar-refractivity contribution in [3.8, 4) is 35.2 Å². The molecule has 0 aliphatic heterocycles. The Balaban J connectivity index is 1.35. The summed E-state index contributed by atoms with van der Waals surface area (Å²) in [7, 11) is 0. The van der Waals surface area contributed by atoms with Crippen LogP contribution in [-0.4, -0.2) is 44.3 Å². The number of unbranched alkanes of at least 4 members (excludes halogenated alkanes) is 3. The summed E-state index contributed by atoms with van der Waals surface area (Å²) in [5, 5.41) is 11.0. The Morgan fingerprint density at radius 3 is 2.07 bits per heavy atom. The van der Waals surface area contributed by atoms with E-state index in [-0.39, 0.29) is 6.61 Å². The van der Waals surface area contributed by atoms with Crippen molar-refractivity contribution >= 4 is 29.0 Å². The fourth-order valence-corrected chi connectivity index (χ4v) is 4.90. The first-order valence-corrected chi connectivity index (χ1v) is 15.7. The van der Waals surface area contributed by atoms with E-state index in [2.05, 4.69) is 40.6 Å². The normalized spacial score (nSPS) is 10.3. The van der Waals surface area contributed by atoms with Gasteiger partial charge in [-0.15, -0.1) is 11.8 Å². The molecule has 0 aliphatic rings. The maximum Gasteiger partial charge on any atom is 0.293 e. The second-order valence-electron chi connectivity index (χ2n) is 9.82. The van der Waals surface area contributed by atoms with Crippen molar-refractivity contribution in [2.45, 2.75) is 37.0 Å². The molecule has 0 atom stereocenters. The summed E-state index contributed by atoms with van der Waals surface area (Å²) in [4.78, 5) is 11.3. The maximum absolute atomic E-state index is 10.2. The number of fused-ring (bicyclic) bond motifs is 1. The SMILES string of the molecule is CSc1cc(C#Cc2ccc3cc(OCCCOC=O)ccc3c2)ccc1C#Cc1ccc(OCCCCCCO)cc1. The number of hydrogen-bond acceptors (Lipinski definition) is 6. The first-order valence-electron chi connectivity index (χ1n) is 14.5. The molecule has 43 heavy (non-hydrogen) atoms. The molecule has 0 amide bonds. The zero-order chi connectivity index (χ0) is 30.1. The van der Waals surface area contributed by atoms with Crippen molar-refractivity contribution in [2.24, 2.45) is 0 Å². The molecule has 0 unspecified atom stereocenters. The van der Waals surface area contributed by atoms with Gasteiger partial charge in [-0.1, -0.05) is 42.2 Å². The Bertz CT molecular complexity index is 1610.